The first-order valence-electron chi connectivity index (χ1n) is 8.75. The number of aromatic nitrogens is 1. The number of rotatable bonds is 7. The van der Waals surface area contributed by atoms with Crippen molar-refractivity contribution >= 4 is 17.7 Å². The van der Waals surface area contributed by atoms with Gasteiger partial charge in [0.05, 0.1) is 25.2 Å². The van der Waals surface area contributed by atoms with Crippen LogP contribution in [0.25, 0.3) is 0 Å². The number of pyridine rings is 1. The minimum Gasteiger partial charge on any atom is -0.452 e. The zero-order chi connectivity index (χ0) is 20.1. The van der Waals surface area contributed by atoms with E-state index in [0.29, 0.717) is 50.4 Å². The standard InChI is InChI=1S/C16H22ClN7O4/c1-28-16(25)20-19-4-5-21-10-13(24(26)27)15-22(6-7-23(15)11-21)9-12-2-3-14(17)18-8-12/h2-3,8,19H,4-7,9-11H2,1H3,(H,20,25). The monoisotopic (exact) mass is 411 g/mol. The van der Waals surface area contributed by atoms with Gasteiger partial charge in [-0.15, -0.1) is 0 Å². The Balaban J connectivity index is 1.65. The number of nitrogens with zero attached hydrogens (tertiary/aromatic N) is 5. The lowest BCUT2D eigenvalue weighted by Crippen LogP contribution is -2.48. The number of hydrogen-bond donors (Lipinski definition) is 2. The van der Waals surface area contributed by atoms with Gasteiger partial charge >= 0.3 is 6.09 Å². The molecule has 1 aromatic rings. The lowest BCUT2D eigenvalue weighted by atomic mass is 10.2. The fourth-order valence-corrected chi connectivity index (χ4v) is 3.40. The first-order valence-corrected chi connectivity index (χ1v) is 9.12. The molecule has 12 heteroatoms. The van der Waals surface area contributed by atoms with E-state index < -0.39 is 6.09 Å². The molecule has 11 nitrogen and oxygen atoms in total. The van der Waals surface area contributed by atoms with Crippen molar-refractivity contribution in [3.05, 3.63) is 50.7 Å². The zero-order valence-corrected chi connectivity index (χ0v) is 16.2. The summed E-state index contributed by atoms with van der Waals surface area (Å²) in [5.41, 5.74) is 6.22. The van der Waals surface area contributed by atoms with Gasteiger partial charge in [-0.2, -0.15) is 0 Å². The minimum absolute atomic E-state index is 0.173. The van der Waals surface area contributed by atoms with Gasteiger partial charge in [0.2, 0.25) is 0 Å². The molecule has 0 bridgehead atoms. The largest absolute Gasteiger partial charge is 0.452 e. The van der Waals surface area contributed by atoms with E-state index in [1.165, 1.54) is 7.11 Å². The number of hydrogen-bond acceptors (Lipinski definition) is 9. The summed E-state index contributed by atoms with van der Waals surface area (Å²) in [5.74, 6) is 0.664. The van der Waals surface area contributed by atoms with E-state index in [1.807, 2.05) is 20.8 Å². The fraction of sp³-hybridized carbons (Fsp3) is 0.500. The van der Waals surface area contributed by atoms with E-state index in [9.17, 15) is 14.9 Å². The van der Waals surface area contributed by atoms with Gasteiger partial charge in [0.25, 0.3) is 5.70 Å². The van der Waals surface area contributed by atoms with Crippen molar-refractivity contribution in [3.8, 4) is 0 Å². The molecule has 2 aliphatic rings. The van der Waals surface area contributed by atoms with Crippen molar-refractivity contribution in [1.82, 2.24) is 30.5 Å². The minimum atomic E-state index is -0.585. The second-order valence-electron chi connectivity index (χ2n) is 6.44. The summed E-state index contributed by atoms with van der Waals surface area (Å²) >= 11 is 5.83. The molecule has 0 radical (unpaired) electrons. The summed E-state index contributed by atoms with van der Waals surface area (Å²) in [6, 6.07) is 3.59. The molecule has 28 heavy (non-hydrogen) atoms. The summed E-state index contributed by atoms with van der Waals surface area (Å²) in [6.07, 6.45) is 1.10. The van der Waals surface area contributed by atoms with Crippen LogP contribution in [0.4, 0.5) is 4.79 Å². The summed E-state index contributed by atoms with van der Waals surface area (Å²) in [5, 5.41) is 12.1. The van der Waals surface area contributed by atoms with Crippen LogP contribution in [0.1, 0.15) is 5.56 Å². The molecule has 3 heterocycles. The van der Waals surface area contributed by atoms with Crippen molar-refractivity contribution in [3.63, 3.8) is 0 Å². The number of amides is 1. The Kier molecular flexibility index (Phi) is 6.49. The molecule has 3 rings (SSSR count). The van der Waals surface area contributed by atoms with E-state index in [1.54, 1.807) is 12.3 Å². The van der Waals surface area contributed by atoms with Gasteiger partial charge in [0.15, 0.2) is 5.82 Å². The lowest BCUT2D eigenvalue weighted by molar-refractivity contribution is -0.433. The first kappa shape index (κ1) is 20.1. The molecular weight excluding hydrogens is 390 g/mol. The van der Waals surface area contributed by atoms with Crippen molar-refractivity contribution in [2.75, 3.05) is 46.5 Å². The molecule has 0 saturated carbocycles. The molecule has 152 valence electrons. The number of ether oxygens (including phenoxy) is 1. The Labute approximate surface area is 167 Å². The number of fused-ring (bicyclic) bond motifs is 1. The Morgan fingerprint density at radius 2 is 2.25 bits per heavy atom. The van der Waals surface area contributed by atoms with Crippen LogP contribution in [0, 0.1) is 10.1 Å². The van der Waals surface area contributed by atoms with E-state index >= 15 is 0 Å². The van der Waals surface area contributed by atoms with Crippen LogP contribution >= 0.6 is 11.6 Å². The normalized spacial score (nSPS) is 16.9. The highest BCUT2D eigenvalue weighted by Crippen LogP contribution is 2.28. The second-order valence-corrected chi connectivity index (χ2v) is 6.83. The van der Waals surface area contributed by atoms with E-state index in [-0.39, 0.29) is 17.2 Å². The molecule has 2 N–H and O–H groups in total. The van der Waals surface area contributed by atoms with Gasteiger partial charge in [0.1, 0.15) is 5.15 Å². The zero-order valence-electron chi connectivity index (χ0n) is 15.4. The molecule has 0 aromatic carbocycles. The first-order chi connectivity index (χ1) is 13.5. The van der Waals surface area contributed by atoms with Crippen LogP contribution < -0.4 is 10.9 Å². The van der Waals surface area contributed by atoms with Gasteiger partial charge in [0, 0.05) is 38.9 Å². The third kappa shape index (κ3) is 4.80. The molecule has 2 aliphatic heterocycles. The molecular formula is C16H22ClN7O4. The number of carbonyl (C=O) groups is 1. The predicted octanol–water partition coefficient (Wildman–Crippen LogP) is 0.432. The van der Waals surface area contributed by atoms with Gasteiger partial charge in [-0.05, 0) is 11.6 Å². The Morgan fingerprint density at radius 3 is 2.93 bits per heavy atom. The highest BCUT2D eigenvalue weighted by Gasteiger charge is 2.39. The van der Waals surface area contributed by atoms with Gasteiger partial charge < -0.3 is 14.5 Å². The maximum atomic E-state index is 11.7. The quantitative estimate of drug-likeness (QED) is 0.285. The van der Waals surface area contributed by atoms with Gasteiger partial charge in [-0.3, -0.25) is 20.4 Å². The van der Waals surface area contributed by atoms with Crippen LogP contribution in [-0.4, -0.2) is 77.2 Å². The summed E-state index contributed by atoms with van der Waals surface area (Å²) in [6.45, 7) is 3.73. The van der Waals surface area contributed by atoms with E-state index in [2.05, 4.69) is 20.6 Å². The molecule has 1 saturated heterocycles. The molecule has 0 atom stereocenters. The molecule has 1 aromatic heterocycles. The second kappa shape index (κ2) is 9.04. The number of nitrogens with one attached hydrogen (secondary N) is 2. The van der Waals surface area contributed by atoms with Crippen molar-refractivity contribution in [2.24, 2.45) is 0 Å². The molecule has 0 unspecified atom stereocenters. The van der Waals surface area contributed by atoms with Gasteiger partial charge in [-0.25, -0.2) is 15.2 Å². The number of halogens is 1. The molecule has 0 spiro atoms. The van der Waals surface area contributed by atoms with Crippen molar-refractivity contribution < 1.29 is 14.5 Å². The number of methoxy groups -OCH3 is 1. The molecule has 1 fully saturated rings. The van der Waals surface area contributed by atoms with Crippen LogP contribution in [0.5, 0.6) is 0 Å². The Hall–Kier alpha value is -2.63. The maximum absolute atomic E-state index is 11.7. The highest BCUT2D eigenvalue weighted by atomic mass is 35.5. The molecule has 0 aliphatic carbocycles. The van der Waals surface area contributed by atoms with E-state index in [0.717, 1.165) is 5.56 Å². The fourth-order valence-electron chi connectivity index (χ4n) is 3.29. The smallest absolute Gasteiger partial charge is 0.421 e. The predicted molar refractivity (Wildman–Crippen MR) is 100 cm³/mol. The summed E-state index contributed by atoms with van der Waals surface area (Å²) < 4.78 is 4.47. The Morgan fingerprint density at radius 1 is 1.43 bits per heavy atom. The lowest BCUT2D eigenvalue weighted by Gasteiger charge is -2.34. The summed E-state index contributed by atoms with van der Waals surface area (Å²) in [7, 11) is 1.27. The van der Waals surface area contributed by atoms with Crippen LogP contribution in [0.15, 0.2) is 29.8 Å². The van der Waals surface area contributed by atoms with Crippen molar-refractivity contribution in [2.45, 2.75) is 6.54 Å². The molecule has 1 amide bonds. The highest BCUT2D eigenvalue weighted by molar-refractivity contribution is 6.29. The number of hydrazine groups is 1. The topological polar surface area (TPSA) is 116 Å². The van der Waals surface area contributed by atoms with Crippen molar-refractivity contribution in [1.29, 1.82) is 0 Å². The van der Waals surface area contributed by atoms with Crippen LogP contribution in [-0.2, 0) is 11.3 Å². The van der Waals surface area contributed by atoms with Crippen LogP contribution in [0.3, 0.4) is 0 Å². The van der Waals surface area contributed by atoms with Crippen LogP contribution in [0.2, 0.25) is 5.15 Å². The van der Waals surface area contributed by atoms with Gasteiger partial charge in [-0.1, -0.05) is 17.7 Å². The Bertz CT molecular complexity index is 758. The average Bonchev–Trinajstić information content (AvgIpc) is 3.08. The van der Waals surface area contributed by atoms with E-state index in [4.69, 9.17) is 11.6 Å². The maximum Gasteiger partial charge on any atom is 0.421 e. The third-order valence-corrected chi connectivity index (χ3v) is 4.78. The number of nitro groups is 1. The SMILES string of the molecule is COC(=O)NNCCN1CC([N+](=O)[O-])=C2N(Cc3ccc(Cl)nc3)CCN2C1. The summed E-state index contributed by atoms with van der Waals surface area (Å²) in [4.78, 5) is 32.5. The number of carbonyl (C=O) groups excluding carboxylic acids is 1. The third-order valence-electron chi connectivity index (χ3n) is 4.55. The average molecular weight is 412 g/mol.